The average Bonchev–Trinajstić information content (AvgIpc) is 2.52. The maximum Gasteiger partial charge on any atom is 0.0848 e. The van der Waals surface area contributed by atoms with Gasteiger partial charge in [0, 0.05) is 5.92 Å². The van der Waals surface area contributed by atoms with Crippen molar-refractivity contribution in [3.05, 3.63) is 34.9 Å². The number of rotatable bonds is 2. The van der Waals surface area contributed by atoms with Gasteiger partial charge in [-0.05, 0) is 44.7 Å². The van der Waals surface area contributed by atoms with Crippen molar-refractivity contribution in [3.63, 3.8) is 0 Å². The van der Waals surface area contributed by atoms with Gasteiger partial charge in [-0.25, -0.2) is 0 Å². The molecule has 1 saturated heterocycles. The molecule has 0 saturated carbocycles. The SMILES string of the molecule is Cc1ccc(C(O)C2C(C)OC(C)C2C)c(C)c1. The van der Waals surface area contributed by atoms with Crippen LogP contribution in [0, 0.1) is 25.7 Å². The Labute approximate surface area is 110 Å². The van der Waals surface area contributed by atoms with E-state index in [0.717, 1.165) is 5.56 Å². The highest BCUT2D eigenvalue weighted by molar-refractivity contribution is 5.32. The molecule has 1 N–H and O–H groups in total. The average molecular weight is 248 g/mol. The predicted molar refractivity (Wildman–Crippen MR) is 73.5 cm³/mol. The zero-order valence-corrected chi connectivity index (χ0v) is 12.0. The second-order valence-corrected chi connectivity index (χ2v) is 5.79. The van der Waals surface area contributed by atoms with Crippen LogP contribution >= 0.6 is 0 Å². The van der Waals surface area contributed by atoms with E-state index in [2.05, 4.69) is 52.8 Å². The fraction of sp³-hybridized carbons (Fsp3) is 0.625. The Morgan fingerprint density at radius 1 is 1.11 bits per heavy atom. The van der Waals surface area contributed by atoms with Gasteiger partial charge in [0.15, 0.2) is 0 Å². The van der Waals surface area contributed by atoms with Crippen molar-refractivity contribution in [2.45, 2.75) is 52.9 Å². The summed E-state index contributed by atoms with van der Waals surface area (Å²) in [5.41, 5.74) is 3.45. The fourth-order valence-corrected chi connectivity index (χ4v) is 3.20. The van der Waals surface area contributed by atoms with Crippen LogP contribution in [-0.4, -0.2) is 17.3 Å². The summed E-state index contributed by atoms with van der Waals surface area (Å²) in [6, 6.07) is 6.25. The van der Waals surface area contributed by atoms with Crippen molar-refractivity contribution in [2.75, 3.05) is 0 Å². The summed E-state index contributed by atoms with van der Waals surface area (Å²) in [5, 5.41) is 10.7. The van der Waals surface area contributed by atoms with E-state index in [4.69, 9.17) is 4.74 Å². The van der Waals surface area contributed by atoms with Gasteiger partial charge in [0.05, 0.1) is 18.3 Å². The highest BCUT2D eigenvalue weighted by Gasteiger charge is 2.41. The van der Waals surface area contributed by atoms with Crippen molar-refractivity contribution in [1.29, 1.82) is 0 Å². The van der Waals surface area contributed by atoms with Gasteiger partial charge in [-0.2, -0.15) is 0 Å². The van der Waals surface area contributed by atoms with Crippen LogP contribution in [-0.2, 0) is 4.74 Å². The quantitative estimate of drug-likeness (QED) is 0.869. The maximum absolute atomic E-state index is 10.7. The topological polar surface area (TPSA) is 29.5 Å². The molecule has 1 heterocycles. The number of ether oxygens (including phenoxy) is 1. The van der Waals surface area contributed by atoms with Gasteiger partial charge in [-0.1, -0.05) is 30.7 Å². The fourth-order valence-electron chi connectivity index (χ4n) is 3.20. The van der Waals surface area contributed by atoms with Crippen LogP contribution < -0.4 is 0 Å². The van der Waals surface area contributed by atoms with Crippen molar-refractivity contribution in [1.82, 2.24) is 0 Å². The van der Waals surface area contributed by atoms with Crippen LogP contribution in [0.25, 0.3) is 0 Å². The summed E-state index contributed by atoms with van der Waals surface area (Å²) in [6.07, 6.45) is -0.0864. The maximum atomic E-state index is 10.7. The smallest absolute Gasteiger partial charge is 0.0848 e. The first-order chi connectivity index (χ1) is 8.41. The second-order valence-electron chi connectivity index (χ2n) is 5.79. The first kappa shape index (κ1) is 13.6. The van der Waals surface area contributed by atoms with Crippen LogP contribution in [0.5, 0.6) is 0 Å². The molecule has 0 aromatic heterocycles. The summed E-state index contributed by atoms with van der Waals surface area (Å²) in [6.45, 7) is 10.5. The van der Waals surface area contributed by atoms with E-state index in [1.807, 2.05) is 0 Å². The lowest BCUT2D eigenvalue weighted by atomic mass is 9.81. The Hall–Kier alpha value is -0.860. The highest BCUT2D eigenvalue weighted by atomic mass is 16.5. The molecule has 100 valence electrons. The molecule has 2 heteroatoms. The minimum absolute atomic E-state index is 0.116. The molecule has 0 aliphatic carbocycles. The zero-order chi connectivity index (χ0) is 13.4. The molecule has 0 amide bonds. The third kappa shape index (κ3) is 2.32. The molecule has 5 unspecified atom stereocenters. The number of hydrogen-bond donors (Lipinski definition) is 1. The zero-order valence-electron chi connectivity index (χ0n) is 12.0. The standard InChI is InChI=1S/C16H24O2/c1-9-6-7-14(10(2)8-9)16(17)15-11(3)12(4)18-13(15)5/h6-8,11-13,15-17H,1-5H3. The van der Waals surface area contributed by atoms with Crippen molar-refractivity contribution >= 4 is 0 Å². The molecule has 0 bridgehead atoms. The van der Waals surface area contributed by atoms with Gasteiger partial charge in [0.2, 0.25) is 0 Å². The van der Waals surface area contributed by atoms with E-state index in [1.54, 1.807) is 0 Å². The summed E-state index contributed by atoms with van der Waals surface area (Å²) in [5.74, 6) is 0.567. The highest BCUT2D eigenvalue weighted by Crippen LogP contribution is 2.41. The molecule has 2 nitrogen and oxygen atoms in total. The molecule has 2 rings (SSSR count). The van der Waals surface area contributed by atoms with Crippen LogP contribution in [0.2, 0.25) is 0 Å². The number of aryl methyl sites for hydroxylation is 2. The lowest BCUT2D eigenvalue weighted by Crippen LogP contribution is -2.25. The van der Waals surface area contributed by atoms with Crippen molar-refractivity contribution < 1.29 is 9.84 Å². The van der Waals surface area contributed by atoms with E-state index < -0.39 is 6.10 Å². The normalized spacial score (nSPS) is 33.7. The molecule has 1 aromatic rings. The molecular weight excluding hydrogens is 224 g/mol. The lowest BCUT2D eigenvalue weighted by molar-refractivity contribution is 0.0229. The van der Waals surface area contributed by atoms with Crippen LogP contribution in [0.15, 0.2) is 18.2 Å². The summed E-state index contributed by atoms with van der Waals surface area (Å²) >= 11 is 0. The van der Waals surface area contributed by atoms with E-state index in [0.29, 0.717) is 5.92 Å². The van der Waals surface area contributed by atoms with E-state index in [9.17, 15) is 5.11 Å². The minimum Gasteiger partial charge on any atom is -0.388 e. The summed E-state index contributed by atoms with van der Waals surface area (Å²) < 4.78 is 5.83. The summed E-state index contributed by atoms with van der Waals surface area (Å²) in [4.78, 5) is 0. The van der Waals surface area contributed by atoms with Gasteiger partial charge >= 0.3 is 0 Å². The van der Waals surface area contributed by atoms with Gasteiger partial charge < -0.3 is 9.84 Å². The molecular formula is C16H24O2. The molecule has 0 radical (unpaired) electrons. The van der Waals surface area contributed by atoms with Gasteiger partial charge in [0.1, 0.15) is 0 Å². The van der Waals surface area contributed by atoms with E-state index in [-0.39, 0.29) is 18.1 Å². The Balaban J connectivity index is 2.28. The second kappa shape index (κ2) is 5.02. The van der Waals surface area contributed by atoms with E-state index >= 15 is 0 Å². The number of benzene rings is 1. The Kier molecular flexibility index (Phi) is 3.79. The molecule has 1 aliphatic heterocycles. The van der Waals surface area contributed by atoms with E-state index in [1.165, 1.54) is 11.1 Å². The Bertz CT molecular complexity index is 427. The monoisotopic (exact) mass is 248 g/mol. The number of hydrogen-bond acceptors (Lipinski definition) is 2. The van der Waals surface area contributed by atoms with Crippen molar-refractivity contribution in [2.24, 2.45) is 11.8 Å². The Morgan fingerprint density at radius 2 is 1.78 bits per heavy atom. The molecule has 18 heavy (non-hydrogen) atoms. The first-order valence-corrected chi connectivity index (χ1v) is 6.82. The van der Waals surface area contributed by atoms with Crippen LogP contribution in [0.3, 0.4) is 0 Å². The molecule has 1 aliphatic rings. The third-order valence-electron chi connectivity index (χ3n) is 4.43. The molecule has 1 aromatic carbocycles. The van der Waals surface area contributed by atoms with Gasteiger partial charge in [-0.15, -0.1) is 0 Å². The number of aliphatic hydroxyl groups is 1. The van der Waals surface area contributed by atoms with Gasteiger partial charge in [-0.3, -0.25) is 0 Å². The lowest BCUT2D eigenvalue weighted by Gasteiger charge is -2.26. The number of aliphatic hydroxyl groups excluding tert-OH is 1. The summed E-state index contributed by atoms with van der Waals surface area (Å²) in [7, 11) is 0. The van der Waals surface area contributed by atoms with Crippen LogP contribution in [0.1, 0.15) is 43.6 Å². The molecule has 5 atom stereocenters. The molecule has 0 spiro atoms. The minimum atomic E-state index is -0.430. The van der Waals surface area contributed by atoms with Gasteiger partial charge in [0.25, 0.3) is 0 Å². The largest absolute Gasteiger partial charge is 0.388 e. The van der Waals surface area contributed by atoms with Crippen molar-refractivity contribution in [3.8, 4) is 0 Å². The molecule has 1 fully saturated rings. The van der Waals surface area contributed by atoms with Crippen LogP contribution in [0.4, 0.5) is 0 Å². The first-order valence-electron chi connectivity index (χ1n) is 6.82. The predicted octanol–water partition coefficient (Wildman–Crippen LogP) is 3.40. The Morgan fingerprint density at radius 3 is 2.28 bits per heavy atom. The third-order valence-corrected chi connectivity index (χ3v) is 4.43.